The van der Waals surface area contributed by atoms with Crippen LogP contribution in [0.3, 0.4) is 0 Å². The number of benzene rings is 1. The van der Waals surface area contributed by atoms with Gasteiger partial charge in [0.05, 0.1) is 30.8 Å². The predicted molar refractivity (Wildman–Crippen MR) is 103 cm³/mol. The molecule has 134 valence electrons. The quantitative estimate of drug-likeness (QED) is 0.764. The van der Waals surface area contributed by atoms with Crippen LogP contribution >= 0.6 is 11.6 Å². The van der Waals surface area contributed by atoms with Crippen LogP contribution in [-0.4, -0.2) is 29.7 Å². The van der Waals surface area contributed by atoms with Gasteiger partial charge in [0.25, 0.3) is 0 Å². The highest BCUT2D eigenvalue weighted by atomic mass is 35.5. The molecule has 0 amide bonds. The Hall–Kier alpha value is -1.85. The fourth-order valence-corrected chi connectivity index (χ4v) is 3.14. The molecule has 1 N–H and O–H groups in total. The number of rotatable bonds is 5. The molecular formula is C19H25ClN4O. The number of nitrogens with zero attached hydrogens (tertiary/aromatic N) is 3. The SMILES string of the molecule is CCc1cc2c(cc1Cl)Nc1cncnc1N2CCOCC(C)(C)C. The number of hydrogen-bond donors (Lipinski definition) is 1. The zero-order valence-corrected chi connectivity index (χ0v) is 16.0. The third-order valence-electron chi connectivity index (χ3n) is 4.05. The Labute approximate surface area is 154 Å². The summed E-state index contributed by atoms with van der Waals surface area (Å²) in [5.74, 6) is 0.867. The van der Waals surface area contributed by atoms with Crippen molar-refractivity contribution in [2.24, 2.45) is 5.41 Å². The molecular weight excluding hydrogens is 336 g/mol. The second kappa shape index (κ2) is 7.18. The first kappa shape index (κ1) is 18.0. The second-order valence-corrected chi connectivity index (χ2v) is 7.87. The first-order chi connectivity index (χ1) is 11.9. The number of anilines is 4. The number of ether oxygens (including phenoxy) is 1. The molecule has 5 nitrogen and oxygen atoms in total. The molecule has 0 aliphatic carbocycles. The zero-order chi connectivity index (χ0) is 18.0. The largest absolute Gasteiger partial charge is 0.379 e. The number of nitrogens with one attached hydrogen (secondary N) is 1. The molecule has 1 aliphatic rings. The fraction of sp³-hybridized carbons (Fsp3) is 0.474. The molecule has 0 spiro atoms. The van der Waals surface area contributed by atoms with E-state index in [0.29, 0.717) is 6.61 Å². The van der Waals surface area contributed by atoms with Gasteiger partial charge in [-0.25, -0.2) is 9.97 Å². The molecule has 3 rings (SSSR count). The van der Waals surface area contributed by atoms with Gasteiger partial charge in [-0.3, -0.25) is 0 Å². The highest BCUT2D eigenvalue weighted by molar-refractivity contribution is 6.32. The van der Waals surface area contributed by atoms with Gasteiger partial charge in [0.15, 0.2) is 5.82 Å². The van der Waals surface area contributed by atoms with Crippen molar-refractivity contribution in [1.29, 1.82) is 0 Å². The third kappa shape index (κ3) is 4.05. The Bertz CT molecular complexity index is 758. The molecule has 0 saturated carbocycles. The lowest BCUT2D eigenvalue weighted by Gasteiger charge is -2.33. The average Bonchev–Trinajstić information content (AvgIpc) is 2.56. The molecule has 0 radical (unpaired) electrons. The van der Waals surface area contributed by atoms with Crippen LogP contribution in [0, 0.1) is 5.41 Å². The summed E-state index contributed by atoms with van der Waals surface area (Å²) in [7, 11) is 0. The van der Waals surface area contributed by atoms with Crippen molar-refractivity contribution in [3.05, 3.63) is 35.2 Å². The summed E-state index contributed by atoms with van der Waals surface area (Å²) in [6.45, 7) is 10.7. The van der Waals surface area contributed by atoms with Gasteiger partial charge in [-0.2, -0.15) is 0 Å². The minimum absolute atomic E-state index is 0.157. The Kier molecular flexibility index (Phi) is 5.16. The van der Waals surface area contributed by atoms with Gasteiger partial charge in [-0.05, 0) is 29.5 Å². The van der Waals surface area contributed by atoms with Crippen molar-refractivity contribution in [3.8, 4) is 0 Å². The Morgan fingerprint density at radius 2 is 2.04 bits per heavy atom. The third-order valence-corrected chi connectivity index (χ3v) is 4.40. The number of fused-ring (bicyclic) bond motifs is 2. The van der Waals surface area contributed by atoms with Crippen LogP contribution in [0.2, 0.25) is 5.02 Å². The monoisotopic (exact) mass is 360 g/mol. The Morgan fingerprint density at radius 1 is 1.24 bits per heavy atom. The summed E-state index contributed by atoms with van der Waals surface area (Å²) in [5.41, 5.74) is 4.21. The lowest BCUT2D eigenvalue weighted by Crippen LogP contribution is -2.29. The van der Waals surface area contributed by atoms with E-state index >= 15 is 0 Å². The molecule has 1 aromatic carbocycles. The van der Waals surface area contributed by atoms with E-state index in [1.165, 1.54) is 0 Å². The van der Waals surface area contributed by atoms with Crippen LogP contribution in [0.25, 0.3) is 0 Å². The van der Waals surface area contributed by atoms with Gasteiger partial charge in [-0.1, -0.05) is 39.3 Å². The lowest BCUT2D eigenvalue weighted by molar-refractivity contribution is 0.0765. The van der Waals surface area contributed by atoms with Crippen molar-refractivity contribution in [3.63, 3.8) is 0 Å². The van der Waals surface area contributed by atoms with Gasteiger partial charge < -0.3 is 15.0 Å². The van der Waals surface area contributed by atoms with E-state index in [1.807, 2.05) is 6.07 Å². The smallest absolute Gasteiger partial charge is 0.160 e. The maximum atomic E-state index is 6.40. The molecule has 2 heterocycles. The van der Waals surface area contributed by atoms with Crippen molar-refractivity contribution >= 4 is 34.5 Å². The molecule has 2 aromatic rings. The first-order valence-corrected chi connectivity index (χ1v) is 9.01. The summed E-state index contributed by atoms with van der Waals surface area (Å²) in [6, 6.07) is 4.12. The van der Waals surface area contributed by atoms with E-state index in [1.54, 1.807) is 12.5 Å². The van der Waals surface area contributed by atoms with Gasteiger partial charge in [0, 0.05) is 11.6 Å². The van der Waals surface area contributed by atoms with Crippen molar-refractivity contribution < 1.29 is 4.74 Å². The Balaban J connectivity index is 1.88. The van der Waals surface area contributed by atoms with E-state index < -0.39 is 0 Å². The van der Waals surface area contributed by atoms with Gasteiger partial charge >= 0.3 is 0 Å². The molecule has 1 aliphatic heterocycles. The maximum Gasteiger partial charge on any atom is 0.160 e. The number of hydrogen-bond acceptors (Lipinski definition) is 5. The van der Waals surface area contributed by atoms with Crippen LogP contribution in [0.5, 0.6) is 0 Å². The molecule has 25 heavy (non-hydrogen) atoms. The number of aromatic nitrogens is 2. The molecule has 0 bridgehead atoms. The van der Waals surface area contributed by atoms with Crippen LogP contribution in [0.4, 0.5) is 22.9 Å². The van der Waals surface area contributed by atoms with Gasteiger partial charge in [-0.15, -0.1) is 0 Å². The fourth-order valence-electron chi connectivity index (χ4n) is 2.85. The summed E-state index contributed by atoms with van der Waals surface area (Å²) in [5, 5.41) is 4.16. The van der Waals surface area contributed by atoms with Crippen LogP contribution in [-0.2, 0) is 11.2 Å². The van der Waals surface area contributed by atoms with Crippen LogP contribution < -0.4 is 10.2 Å². The molecule has 0 fully saturated rings. The molecule has 0 atom stereocenters. The molecule has 0 unspecified atom stereocenters. The molecule has 0 saturated heterocycles. The normalized spacial score (nSPS) is 13.2. The van der Waals surface area contributed by atoms with E-state index in [4.69, 9.17) is 16.3 Å². The highest BCUT2D eigenvalue weighted by Gasteiger charge is 2.25. The van der Waals surface area contributed by atoms with Crippen molar-refractivity contribution in [1.82, 2.24) is 9.97 Å². The van der Waals surface area contributed by atoms with Crippen LogP contribution in [0.1, 0.15) is 33.3 Å². The predicted octanol–water partition coefficient (Wildman–Crippen LogP) is 4.95. The standard InChI is InChI=1S/C19H25ClN4O/c1-5-13-8-17-15(9-14(13)20)23-16-10-21-12-22-18(16)24(17)6-7-25-11-19(2,3)4/h8-10,12,23H,5-7,11H2,1-4H3. The topological polar surface area (TPSA) is 50.3 Å². The minimum atomic E-state index is 0.157. The first-order valence-electron chi connectivity index (χ1n) is 8.64. The number of halogens is 1. The van der Waals surface area contributed by atoms with E-state index in [0.717, 1.165) is 53.0 Å². The summed E-state index contributed by atoms with van der Waals surface area (Å²) < 4.78 is 5.88. The average molecular weight is 361 g/mol. The van der Waals surface area contributed by atoms with Crippen molar-refractivity contribution in [2.75, 3.05) is 30.0 Å². The van der Waals surface area contributed by atoms with Crippen LogP contribution in [0.15, 0.2) is 24.7 Å². The maximum absolute atomic E-state index is 6.40. The lowest BCUT2D eigenvalue weighted by atomic mass is 9.99. The summed E-state index contributed by atoms with van der Waals surface area (Å²) >= 11 is 6.40. The van der Waals surface area contributed by atoms with Gasteiger partial charge in [0.2, 0.25) is 0 Å². The van der Waals surface area contributed by atoms with Crippen molar-refractivity contribution in [2.45, 2.75) is 34.1 Å². The number of aryl methyl sites for hydroxylation is 1. The van der Waals surface area contributed by atoms with E-state index in [2.05, 4.69) is 53.9 Å². The minimum Gasteiger partial charge on any atom is -0.379 e. The zero-order valence-electron chi connectivity index (χ0n) is 15.3. The van der Waals surface area contributed by atoms with E-state index in [-0.39, 0.29) is 5.41 Å². The summed E-state index contributed by atoms with van der Waals surface area (Å²) in [4.78, 5) is 10.8. The molecule has 1 aromatic heterocycles. The second-order valence-electron chi connectivity index (χ2n) is 7.46. The summed E-state index contributed by atoms with van der Waals surface area (Å²) in [6.07, 6.45) is 4.25. The van der Waals surface area contributed by atoms with Gasteiger partial charge in [0.1, 0.15) is 12.0 Å². The Morgan fingerprint density at radius 3 is 2.76 bits per heavy atom. The highest BCUT2D eigenvalue weighted by Crippen LogP contribution is 2.43. The van der Waals surface area contributed by atoms with E-state index in [9.17, 15) is 0 Å². The molecule has 6 heteroatoms.